The van der Waals surface area contributed by atoms with E-state index in [1.54, 1.807) is 47.4 Å². The Labute approximate surface area is 189 Å². The van der Waals surface area contributed by atoms with E-state index in [2.05, 4.69) is 4.98 Å². The molecular weight excluding hydrogens is 424 g/mol. The predicted octanol–water partition coefficient (Wildman–Crippen LogP) is 2.60. The number of carbonyl (C=O) groups is 3. The summed E-state index contributed by atoms with van der Waals surface area (Å²) in [6, 6.07) is 13.6. The van der Waals surface area contributed by atoms with E-state index in [1.165, 1.54) is 19.5 Å². The molecule has 168 valence electrons. The molecule has 3 amide bonds. The Bertz CT molecular complexity index is 1240. The summed E-state index contributed by atoms with van der Waals surface area (Å²) < 4.78 is 11.4. The number of pyridine rings is 1. The number of nitrogens with zero attached hydrogens (tertiary/aromatic N) is 2. The van der Waals surface area contributed by atoms with Gasteiger partial charge >= 0.3 is 0 Å². The zero-order valence-corrected chi connectivity index (χ0v) is 17.9. The Morgan fingerprint density at radius 3 is 2.52 bits per heavy atom. The molecule has 0 bridgehead atoms. The molecular formula is C24H22N4O5. The molecule has 3 aromatic rings. The fraction of sp³-hybridized carbons (Fsp3) is 0.167. The van der Waals surface area contributed by atoms with Crippen molar-refractivity contribution in [3.8, 4) is 17.2 Å². The van der Waals surface area contributed by atoms with Crippen LogP contribution in [-0.4, -0.2) is 36.4 Å². The van der Waals surface area contributed by atoms with Gasteiger partial charge in [0.1, 0.15) is 5.75 Å². The third kappa shape index (κ3) is 4.47. The number of methoxy groups -OCH3 is 1. The van der Waals surface area contributed by atoms with E-state index in [1.807, 2.05) is 6.07 Å². The van der Waals surface area contributed by atoms with Crippen LogP contribution in [0.1, 0.15) is 38.6 Å². The Morgan fingerprint density at radius 2 is 1.79 bits per heavy atom. The summed E-state index contributed by atoms with van der Waals surface area (Å²) in [5.74, 6) is -0.274. The monoisotopic (exact) mass is 446 g/mol. The highest BCUT2D eigenvalue weighted by molar-refractivity contribution is 5.99. The fourth-order valence-corrected chi connectivity index (χ4v) is 3.80. The summed E-state index contributed by atoms with van der Waals surface area (Å²) >= 11 is 0. The van der Waals surface area contributed by atoms with Gasteiger partial charge in [-0.25, -0.2) is 0 Å². The number of benzene rings is 2. The molecule has 1 aliphatic heterocycles. The van der Waals surface area contributed by atoms with Crippen LogP contribution in [0.5, 0.6) is 17.2 Å². The highest BCUT2D eigenvalue weighted by Crippen LogP contribution is 2.38. The van der Waals surface area contributed by atoms with Crippen molar-refractivity contribution in [2.24, 2.45) is 11.5 Å². The number of hydrogen-bond acceptors (Lipinski definition) is 6. The van der Waals surface area contributed by atoms with Crippen molar-refractivity contribution in [2.45, 2.75) is 12.3 Å². The van der Waals surface area contributed by atoms with Crippen LogP contribution in [0.4, 0.5) is 5.69 Å². The van der Waals surface area contributed by atoms with Gasteiger partial charge in [-0.05, 0) is 35.9 Å². The van der Waals surface area contributed by atoms with Crippen LogP contribution in [0.25, 0.3) is 0 Å². The molecule has 2 heterocycles. The second-order valence-electron chi connectivity index (χ2n) is 7.57. The van der Waals surface area contributed by atoms with Gasteiger partial charge in [-0.1, -0.05) is 18.2 Å². The molecule has 9 nitrogen and oxygen atoms in total. The van der Waals surface area contributed by atoms with E-state index in [9.17, 15) is 14.4 Å². The molecule has 0 saturated carbocycles. The minimum absolute atomic E-state index is 0.0965. The van der Waals surface area contributed by atoms with Gasteiger partial charge in [-0.2, -0.15) is 0 Å². The number of para-hydroxylation sites is 1. The molecule has 1 unspecified atom stereocenters. The smallest absolute Gasteiger partial charge is 0.252 e. The predicted molar refractivity (Wildman–Crippen MR) is 120 cm³/mol. The lowest BCUT2D eigenvalue weighted by Crippen LogP contribution is -2.25. The normalized spacial score (nSPS) is 15.4. The van der Waals surface area contributed by atoms with Gasteiger partial charge in [0.15, 0.2) is 11.5 Å². The molecule has 1 aromatic heterocycles. The molecule has 0 radical (unpaired) electrons. The minimum atomic E-state index is -0.610. The lowest BCUT2D eigenvalue weighted by Gasteiger charge is -2.18. The molecule has 2 aromatic carbocycles. The molecule has 1 fully saturated rings. The summed E-state index contributed by atoms with van der Waals surface area (Å²) in [6.45, 7) is 0.395. The molecule has 1 aliphatic rings. The maximum absolute atomic E-state index is 12.7. The van der Waals surface area contributed by atoms with Gasteiger partial charge in [-0.3, -0.25) is 19.4 Å². The number of anilines is 1. The highest BCUT2D eigenvalue weighted by Gasteiger charge is 2.32. The quantitative estimate of drug-likeness (QED) is 0.572. The second kappa shape index (κ2) is 8.99. The van der Waals surface area contributed by atoms with E-state index < -0.39 is 11.8 Å². The van der Waals surface area contributed by atoms with Crippen molar-refractivity contribution in [1.82, 2.24) is 4.98 Å². The first-order valence-corrected chi connectivity index (χ1v) is 10.2. The van der Waals surface area contributed by atoms with Crippen LogP contribution in [0.3, 0.4) is 0 Å². The third-order valence-electron chi connectivity index (χ3n) is 5.48. The first kappa shape index (κ1) is 21.8. The maximum Gasteiger partial charge on any atom is 0.252 e. The van der Waals surface area contributed by atoms with Crippen molar-refractivity contribution < 1.29 is 23.9 Å². The van der Waals surface area contributed by atoms with Gasteiger partial charge in [0.2, 0.25) is 11.8 Å². The second-order valence-corrected chi connectivity index (χ2v) is 7.57. The lowest BCUT2D eigenvalue weighted by atomic mass is 9.98. The van der Waals surface area contributed by atoms with Gasteiger partial charge in [0.05, 0.1) is 30.1 Å². The minimum Gasteiger partial charge on any atom is -0.493 e. The maximum atomic E-state index is 12.7. The SMILES string of the molecule is COc1ccc(C2CC(=O)N(c3cncc(C(N)=O)c3)C2)cc1Oc1ccccc1C(N)=O. The zero-order valence-electron chi connectivity index (χ0n) is 17.9. The van der Waals surface area contributed by atoms with Gasteiger partial charge in [-0.15, -0.1) is 0 Å². The number of primary amides is 2. The largest absolute Gasteiger partial charge is 0.493 e. The fourth-order valence-electron chi connectivity index (χ4n) is 3.80. The summed E-state index contributed by atoms with van der Waals surface area (Å²) in [5.41, 5.74) is 12.6. The standard InChI is InChI=1S/C24H22N4O5/c1-32-20-7-6-14(9-21(20)33-19-5-3-2-4-18(19)24(26)31)16-10-22(29)28(13-16)17-8-15(23(25)30)11-27-12-17/h2-9,11-12,16H,10,13H2,1H3,(H2,25,30)(H2,26,31). The Balaban J connectivity index is 1.62. The molecule has 9 heteroatoms. The molecule has 1 atom stereocenters. The van der Waals surface area contributed by atoms with Gasteiger partial charge in [0, 0.05) is 25.1 Å². The van der Waals surface area contributed by atoms with Crippen molar-refractivity contribution in [1.29, 1.82) is 0 Å². The van der Waals surface area contributed by atoms with Crippen molar-refractivity contribution in [3.05, 3.63) is 77.6 Å². The summed E-state index contributed by atoms with van der Waals surface area (Å²) in [5, 5.41) is 0. The Kier molecular flexibility index (Phi) is 5.95. The Hall–Kier alpha value is -4.40. The molecule has 33 heavy (non-hydrogen) atoms. The van der Waals surface area contributed by atoms with E-state index >= 15 is 0 Å². The lowest BCUT2D eigenvalue weighted by molar-refractivity contribution is -0.117. The topological polar surface area (TPSA) is 138 Å². The number of rotatable bonds is 7. The van der Waals surface area contributed by atoms with E-state index in [0.717, 1.165) is 5.56 Å². The first-order valence-electron chi connectivity index (χ1n) is 10.2. The van der Waals surface area contributed by atoms with Crippen molar-refractivity contribution in [3.63, 3.8) is 0 Å². The summed E-state index contributed by atoms with van der Waals surface area (Å²) in [6.07, 6.45) is 3.15. The first-order chi connectivity index (χ1) is 15.9. The van der Waals surface area contributed by atoms with E-state index in [-0.39, 0.29) is 29.4 Å². The number of hydrogen-bond donors (Lipinski definition) is 2. The summed E-state index contributed by atoms with van der Waals surface area (Å²) in [4.78, 5) is 41.6. The molecule has 0 spiro atoms. The van der Waals surface area contributed by atoms with E-state index in [4.69, 9.17) is 20.9 Å². The number of ether oxygens (including phenoxy) is 2. The average Bonchev–Trinajstić information content (AvgIpc) is 3.21. The molecule has 4 N–H and O–H groups in total. The van der Waals surface area contributed by atoms with E-state index in [0.29, 0.717) is 29.5 Å². The molecule has 1 saturated heterocycles. The van der Waals surface area contributed by atoms with Crippen molar-refractivity contribution >= 4 is 23.4 Å². The Morgan fingerprint density at radius 1 is 1.00 bits per heavy atom. The average molecular weight is 446 g/mol. The van der Waals surface area contributed by atoms with Crippen LogP contribution >= 0.6 is 0 Å². The van der Waals surface area contributed by atoms with Crippen LogP contribution in [-0.2, 0) is 4.79 Å². The molecule has 4 rings (SSSR count). The highest BCUT2D eigenvalue weighted by atomic mass is 16.5. The molecule has 0 aliphatic carbocycles. The van der Waals surface area contributed by atoms with Crippen molar-refractivity contribution in [2.75, 3.05) is 18.6 Å². The van der Waals surface area contributed by atoms with Crippen LogP contribution in [0, 0.1) is 0 Å². The number of nitrogens with two attached hydrogens (primary N) is 2. The van der Waals surface area contributed by atoms with Gasteiger partial charge < -0.3 is 25.8 Å². The summed E-state index contributed by atoms with van der Waals surface area (Å²) in [7, 11) is 1.52. The van der Waals surface area contributed by atoms with Gasteiger partial charge in [0.25, 0.3) is 5.91 Å². The number of amides is 3. The number of carbonyl (C=O) groups excluding carboxylic acids is 3. The number of aromatic nitrogens is 1. The van der Waals surface area contributed by atoms with Crippen LogP contribution < -0.4 is 25.8 Å². The third-order valence-corrected chi connectivity index (χ3v) is 5.48. The van der Waals surface area contributed by atoms with Crippen LogP contribution in [0.15, 0.2) is 60.9 Å². The van der Waals surface area contributed by atoms with Crippen LogP contribution in [0.2, 0.25) is 0 Å². The zero-order chi connectivity index (χ0) is 23.5.